The van der Waals surface area contributed by atoms with Gasteiger partial charge in [0.1, 0.15) is 5.69 Å². The number of primary amides is 1. The number of aromatic nitrogens is 2. The first-order valence-electron chi connectivity index (χ1n) is 9.72. The van der Waals surface area contributed by atoms with Crippen molar-refractivity contribution in [3.8, 4) is 5.69 Å². The summed E-state index contributed by atoms with van der Waals surface area (Å²) in [7, 11) is -3.74. The molecule has 4 rings (SSSR count). The molecule has 1 aromatic carbocycles. The zero-order valence-electron chi connectivity index (χ0n) is 16.5. The normalized spacial score (nSPS) is 15.0. The fourth-order valence-corrected chi connectivity index (χ4v) is 4.73. The van der Waals surface area contributed by atoms with Gasteiger partial charge in [0.15, 0.2) is 5.76 Å². The lowest BCUT2D eigenvalue weighted by atomic mass is 10.2. The number of sulfonamides is 1. The van der Waals surface area contributed by atoms with Crippen LogP contribution in [0.25, 0.3) is 5.69 Å². The van der Waals surface area contributed by atoms with Crippen LogP contribution in [0.3, 0.4) is 0 Å². The maximum absolute atomic E-state index is 12.7. The fraction of sp³-hybridized carbons (Fsp3) is 0.250. The molecule has 1 aliphatic rings. The summed E-state index contributed by atoms with van der Waals surface area (Å²) in [6, 6.07) is 10.8. The molecule has 1 fully saturated rings. The molecule has 2 amide bonds. The monoisotopic (exact) mass is 443 g/mol. The van der Waals surface area contributed by atoms with Gasteiger partial charge in [0, 0.05) is 25.0 Å². The first-order valence-corrected chi connectivity index (χ1v) is 11.2. The second-order valence-corrected chi connectivity index (χ2v) is 8.96. The number of hydrogen-bond donors (Lipinski definition) is 2. The van der Waals surface area contributed by atoms with Crippen molar-refractivity contribution in [2.24, 2.45) is 5.73 Å². The van der Waals surface area contributed by atoms with Gasteiger partial charge < -0.3 is 15.5 Å². The van der Waals surface area contributed by atoms with Crippen LogP contribution in [0.5, 0.6) is 0 Å². The maximum Gasteiger partial charge on any atom is 0.291 e. The fourth-order valence-electron chi connectivity index (χ4n) is 3.30. The molecule has 0 spiro atoms. The molecule has 1 aliphatic heterocycles. The van der Waals surface area contributed by atoms with Crippen LogP contribution in [0, 0.1) is 0 Å². The van der Waals surface area contributed by atoms with Gasteiger partial charge in [-0.25, -0.2) is 13.1 Å². The summed E-state index contributed by atoms with van der Waals surface area (Å²) in [5.74, 6) is -1.29. The first kappa shape index (κ1) is 20.8. The molecule has 0 unspecified atom stereocenters. The smallest absolute Gasteiger partial charge is 0.291 e. The molecule has 1 saturated heterocycles. The number of rotatable bonds is 6. The van der Waals surface area contributed by atoms with Crippen LogP contribution in [-0.4, -0.2) is 47.4 Å². The highest BCUT2D eigenvalue weighted by Crippen LogP contribution is 2.23. The van der Waals surface area contributed by atoms with E-state index in [4.69, 9.17) is 10.2 Å². The Kier molecular flexibility index (Phi) is 5.61. The molecule has 0 atom stereocenters. The van der Waals surface area contributed by atoms with Gasteiger partial charge in [-0.15, -0.1) is 0 Å². The van der Waals surface area contributed by atoms with E-state index in [2.05, 4.69) is 10.4 Å². The number of anilines is 1. The average molecular weight is 443 g/mol. The second kappa shape index (κ2) is 8.36. The minimum atomic E-state index is -3.74. The Hall–Kier alpha value is -3.44. The van der Waals surface area contributed by atoms with Gasteiger partial charge in [-0.1, -0.05) is 6.42 Å². The van der Waals surface area contributed by atoms with Gasteiger partial charge in [0.25, 0.3) is 21.8 Å². The van der Waals surface area contributed by atoms with E-state index < -0.39 is 21.8 Å². The molecule has 3 aromatic rings. The lowest BCUT2D eigenvalue weighted by molar-refractivity contribution is 0.0985. The van der Waals surface area contributed by atoms with Crippen molar-refractivity contribution < 1.29 is 22.4 Å². The van der Waals surface area contributed by atoms with Crippen LogP contribution in [0.1, 0.15) is 40.3 Å². The molecule has 0 saturated carbocycles. The molecule has 162 valence electrons. The Morgan fingerprint density at radius 1 is 1.00 bits per heavy atom. The Morgan fingerprint density at radius 3 is 2.35 bits per heavy atom. The van der Waals surface area contributed by atoms with Gasteiger partial charge in [-0.05, 0) is 55.3 Å². The van der Waals surface area contributed by atoms with Crippen LogP contribution in [0.15, 0.2) is 58.2 Å². The van der Waals surface area contributed by atoms with Gasteiger partial charge in [-0.2, -0.15) is 9.40 Å². The van der Waals surface area contributed by atoms with Crippen molar-refractivity contribution in [3.63, 3.8) is 0 Å². The molecule has 0 radical (unpaired) electrons. The Bertz CT molecular complexity index is 1210. The first-order chi connectivity index (χ1) is 14.8. The summed E-state index contributed by atoms with van der Waals surface area (Å²) in [5.41, 5.74) is 6.49. The summed E-state index contributed by atoms with van der Waals surface area (Å²) < 4.78 is 33.5. The van der Waals surface area contributed by atoms with Crippen molar-refractivity contribution in [1.82, 2.24) is 14.1 Å². The zero-order chi connectivity index (χ0) is 22.0. The topological polar surface area (TPSA) is 141 Å². The predicted molar refractivity (Wildman–Crippen MR) is 111 cm³/mol. The molecule has 0 bridgehead atoms. The third-order valence-corrected chi connectivity index (χ3v) is 6.72. The van der Waals surface area contributed by atoms with Gasteiger partial charge in [0.2, 0.25) is 5.09 Å². The second-order valence-electron chi connectivity index (χ2n) is 7.09. The van der Waals surface area contributed by atoms with Crippen molar-refractivity contribution in [3.05, 3.63) is 60.1 Å². The summed E-state index contributed by atoms with van der Waals surface area (Å²) in [6.07, 6.45) is 4.22. The van der Waals surface area contributed by atoms with Crippen LogP contribution in [0.2, 0.25) is 0 Å². The standard InChI is InChI=1S/C20H21N5O5S/c21-19(26)16-10-13-25(23-16)15-6-4-14(5-7-15)22-20(27)17-8-9-18(30-17)31(28,29)24-11-2-1-3-12-24/h4-10,13H,1-3,11-12H2,(H2,21,26)(H,22,27). The molecule has 3 N–H and O–H groups in total. The molecule has 0 aliphatic carbocycles. The maximum atomic E-state index is 12.7. The number of nitrogens with zero attached hydrogens (tertiary/aromatic N) is 3. The predicted octanol–water partition coefficient (Wildman–Crippen LogP) is 1.99. The molecule has 11 heteroatoms. The SMILES string of the molecule is NC(=O)c1ccn(-c2ccc(NC(=O)c3ccc(S(=O)(=O)N4CCCCC4)o3)cc2)n1. The number of carbonyl (C=O) groups excluding carboxylic acids is 2. The van der Waals surface area contributed by atoms with E-state index in [1.165, 1.54) is 27.2 Å². The number of benzene rings is 1. The number of nitrogens with one attached hydrogen (secondary N) is 1. The van der Waals surface area contributed by atoms with Gasteiger partial charge in [0.05, 0.1) is 5.69 Å². The highest BCUT2D eigenvalue weighted by Gasteiger charge is 2.29. The Labute approximate surface area is 178 Å². The number of piperidine rings is 1. The highest BCUT2D eigenvalue weighted by molar-refractivity contribution is 7.89. The lowest BCUT2D eigenvalue weighted by Crippen LogP contribution is -2.35. The van der Waals surface area contributed by atoms with Crippen molar-refractivity contribution in [2.75, 3.05) is 18.4 Å². The highest BCUT2D eigenvalue weighted by atomic mass is 32.2. The molecule has 3 heterocycles. The number of nitrogens with two attached hydrogens (primary N) is 1. The lowest BCUT2D eigenvalue weighted by Gasteiger charge is -2.24. The summed E-state index contributed by atoms with van der Waals surface area (Å²) in [6.45, 7) is 0.905. The third-order valence-electron chi connectivity index (χ3n) is 4.95. The van der Waals surface area contributed by atoms with Crippen molar-refractivity contribution >= 4 is 27.5 Å². The molecule has 10 nitrogen and oxygen atoms in total. The Balaban J connectivity index is 1.44. The zero-order valence-corrected chi connectivity index (χ0v) is 17.3. The van der Waals surface area contributed by atoms with Gasteiger partial charge >= 0.3 is 0 Å². The Morgan fingerprint density at radius 2 is 1.71 bits per heavy atom. The molecule has 2 aromatic heterocycles. The van der Waals surface area contributed by atoms with Crippen LogP contribution < -0.4 is 11.1 Å². The molecular weight excluding hydrogens is 422 g/mol. The van der Waals surface area contributed by atoms with E-state index in [0.717, 1.165) is 19.3 Å². The number of amides is 2. The minimum Gasteiger partial charge on any atom is -0.438 e. The van der Waals surface area contributed by atoms with E-state index in [1.54, 1.807) is 30.5 Å². The minimum absolute atomic E-state index is 0.0992. The van der Waals surface area contributed by atoms with Crippen LogP contribution in [-0.2, 0) is 10.0 Å². The summed E-state index contributed by atoms with van der Waals surface area (Å²) >= 11 is 0. The van der Waals surface area contributed by atoms with Crippen molar-refractivity contribution in [2.45, 2.75) is 24.4 Å². The van der Waals surface area contributed by atoms with Gasteiger partial charge in [-0.3, -0.25) is 9.59 Å². The molecule has 31 heavy (non-hydrogen) atoms. The van der Waals surface area contributed by atoms with E-state index in [0.29, 0.717) is 24.5 Å². The largest absolute Gasteiger partial charge is 0.438 e. The third kappa shape index (κ3) is 4.37. The average Bonchev–Trinajstić information content (AvgIpc) is 3.46. The summed E-state index contributed by atoms with van der Waals surface area (Å²) in [5, 5.41) is 6.48. The van der Waals surface area contributed by atoms with E-state index in [1.807, 2.05) is 0 Å². The molecular formula is C20H21N5O5S. The van der Waals surface area contributed by atoms with E-state index in [-0.39, 0.29) is 16.5 Å². The van der Waals surface area contributed by atoms with E-state index >= 15 is 0 Å². The quantitative estimate of drug-likeness (QED) is 0.597. The number of hydrogen-bond acceptors (Lipinski definition) is 6. The van der Waals surface area contributed by atoms with Crippen molar-refractivity contribution in [1.29, 1.82) is 0 Å². The summed E-state index contributed by atoms with van der Waals surface area (Å²) in [4.78, 5) is 23.6. The van der Waals surface area contributed by atoms with E-state index in [9.17, 15) is 18.0 Å². The number of carbonyl (C=O) groups is 2. The van der Waals surface area contributed by atoms with Crippen LogP contribution in [0.4, 0.5) is 5.69 Å². The number of furan rings is 1. The van der Waals surface area contributed by atoms with Crippen LogP contribution >= 0.6 is 0 Å².